The zero-order valence-electron chi connectivity index (χ0n) is 17.3. The number of nitro groups is 1. The van der Waals surface area contributed by atoms with Crippen LogP contribution in [0.2, 0.25) is 0 Å². The van der Waals surface area contributed by atoms with Crippen LogP contribution in [-0.2, 0) is 16.4 Å². The van der Waals surface area contributed by atoms with Gasteiger partial charge in [0.1, 0.15) is 11.4 Å². The number of benzene rings is 1. The summed E-state index contributed by atoms with van der Waals surface area (Å²) in [5.74, 6) is 0.359. The lowest BCUT2D eigenvalue weighted by molar-refractivity contribution is -0.384. The van der Waals surface area contributed by atoms with Crippen molar-refractivity contribution in [3.05, 3.63) is 45.7 Å². The molecule has 0 radical (unpaired) electrons. The first-order valence-electron chi connectivity index (χ1n) is 9.75. The summed E-state index contributed by atoms with van der Waals surface area (Å²) in [5, 5.41) is 17.9. The Kier molecular flexibility index (Phi) is 5.97. The van der Waals surface area contributed by atoms with Crippen molar-refractivity contribution >= 4 is 23.1 Å². The fraction of sp³-hybridized carbons (Fsp3) is 0.500. The highest BCUT2D eigenvalue weighted by molar-refractivity contribution is 5.91. The lowest BCUT2D eigenvalue weighted by Gasteiger charge is -2.32. The maximum absolute atomic E-state index is 12.9. The van der Waals surface area contributed by atoms with Gasteiger partial charge in [0.15, 0.2) is 5.82 Å². The largest absolute Gasteiger partial charge is 0.416 e. The number of piperidine rings is 1. The van der Waals surface area contributed by atoms with E-state index in [9.17, 15) is 28.1 Å². The van der Waals surface area contributed by atoms with Crippen LogP contribution >= 0.6 is 0 Å². The zero-order valence-corrected chi connectivity index (χ0v) is 17.3. The van der Waals surface area contributed by atoms with Gasteiger partial charge in [-0.25, -0.2) is 0 Å². The molecular formula is C20H23F3N4O4. The summed E-state index contributed by atoms with van der Waals surface area (Å²) in [6, 6.07) is 4.16. The first-order valence-corrected chi connectivity index (χ1v) is 9.75. The molecule has 1 N–H and O–H groups in total. The van der Waals surface area contributed by atoms with E-state index in [1.54, 1.807) is 11.0 Å². The molecule has 1 aromatic carbocycles. The third-order valence-corrected chi connectivity index (χ3v) is 5.21. The van der Waals surface area contributed by atoms with Gasteiger partial charge in [0.2, 0.25) is 5.91 Å². The number of hydrogen-bond donors (Lipinski definition) is 1. The lowest BCUT2D eigenvalue weighted by atomic mass is 9.93. The Hall–Kier alpha value is -3.11. The standard InChI is InChI=1S/C20H23F3N4O4/c1-19(2,3)16-11-17(25-31-16)24-18(28)12-6-8-26(9-7-12)14-5-4-13(20(21,22)23)10-15(14)27(29)30/h4-5,10-12H,6-9H2,1-3H3,(H,24,25,28). The van der Waals surface area contributed by atoms with Gasteiger partial charge < -0.3 is 14.7 Å². The van der Waals surface area contributed by atoms with Crippen LogP contribution in [0.25, 0.3) is 0 Å². The van der Waals surface area contributed by atoms with Crippen LogP contribution in [0, 0.1) is 16.0 Å². The van der Waals surface area contributed by atoms with Gasteiger partial charge in [0.25, 0.3) is 5.69 Å². The van der Waals surface area contributed by atoms with Crippen LogP contribution in [0.3, 0.4) is 0 Å². The SMILES string of the molecule is CC(C)(C)c1cc(NC(=O)C2CCN(c3ccc(C(F)(F)F)cc3[N+](=O)[O-])CC2)no1. The minimum Gasteiger partial charge on any atom is -0.366 e. The van der Waals surface area contributed by atoms with Gasteiger partial charge in [-0.2, -0.15) is 13.2 Å². The Bertz CT molecular complexity index is 974. The van der Waals surface area contributed by atoms with Gasteiger partial charge in [0, 0.05) is 36.6 Å². The normalized spacial score (nSPS) is 15.7. The Morgan fingerprint density at radius 3 is 2.39 bits per heavy atom. The van der Waals surface area contributed by atoms with Crippen LogP contribution in [0.1, 0.15) is 44.9 Å². The Morgan fingerprint density at radius 1 is 1.23 bits per heavy atom. The molecule has 1 aromatic heterocycles. The van der Waals surface area contributed by atoms with Crippen LogP contribution < -0.4 is 10.2 Å². The van der Waals surface area contributed by atoms with Gasteiger partial charge >= 0.3 is 6.18 Å². The highest BCUT2D eigenvalue weighted by Crippen LogP contribution is 2.37. The smallest absolute Gasteiger partial charge is 0.366 e. The molecule has 3 rings (SSSR count). The number of alkyl halides is 3. The van der Waals surface area contributed by atoms with E-state index in [-0.39, 0.29) is 22.9 Å². The van der Waals surface area contributed by atoms with Crippen molar-refractivity contribution < 1.29 is 27.4 Å². The molecule has 31 heavy (non-hydrogen) atoms. The third kappa shape index (κ3) is 5.15. The fourth-order valence-corrected chi connectivity index (χ4v) is 3.41. The van der Waals surface area contributed by atoms with Crippen molar-refractivity contribution in [2.45, 2.75) is 45.2 Å². The molecule has 1 saturated heterocycles. The molecule has 0 spiro atoms. The highest BCUT2D eigenvalue weighted by Gasteiger charge is 2.35. The number of amides is 1. The monoisotopic (exact) mass is 440 g/mol. The first kappa shape index (κ1) is 22.6. The predicted octanol–water partition coefficient (Wildman–Crippen LogP) is 4.75. The molecule has 11 heteroatoms. The molecule has 2 aromatic rings. The van der Waals surface area contributed by atoms with Crippen LogP contribution in [0.15, 0.2) is 28.8 Å². The van der Waals surface area contributed by atoms with Crippen molar-refractivity contribution in [3.8, 4) is 0 Å². The molecule has 0 unspecified atom stereocenters. The fourth-order valence-electron chi connectivity index (χ4n) is 3.41. The van der Waals surface area contributed by atoms with E-state index >= 15 is 0 Å². The number of anilines is 2. The van der Waals surface area contributed by atoms with E-state index in [1.165, 1.54) is 0 Å². The van der Waals surface area contributed by atoms with Crippen molar-refractivity contribution in [2.24, 2.45) is 5.92 Å². The van der Waals surface area contributed by atoms with Crippen LogP contribution in [0.4, 0.5) is 30.4 Å². The van der Waals surface area contributed by atoms with Crippen LogP contribution in [-0.4, -0.2) is 29.1 Å². The van der Waals surface area contributed by atoms with E-state index in [1.807, 2.05) is 20.8 Å². The van der Waals surface area contributed by atoms with Crippen molar-refractivity contribution in [2.75, 3.05) is 23.3 Å². The van der Waals surface area contributed by atoms with Crippen molar-refractivity contribution in [1.29, 1.82) is 0 Å². The minimum absolute atomic E-state index is 0.114. The van der Waals surface area contributed by atoms with Gasteiger partial charge in [-0.3, -0.25) is 14.9 Å². The summed E-state index contributed by atoms with van der Waals surface area (Å²) < 4.78 is 43.9. The second-order valence-electron chi connectivity index (χ2n) is 8.54. The van der Waals surface area contributed by atoms with E-state index in [2.05, 4.69) is 10.5 Å². The topological polar surface area (TPSA) is 102 Å². The zero-order chi connectivity index (χ0) is 23.0. The van der Waals surface area contributed by atoms with E-state index < -0.39 is 22.4 Å². The number of carbonyl (C=O) groups is 1. The second kappa shape index (κ2) is 8.20. The number of aromatic nitrogens is 1. The molecule has 1 amide bonds. The minimum atomic E-state index is -4.66. The Morgan fingerprint density at radius 2 is 1.87 bits per heavy atom. The molecule has 168 valence electrons. The van der Waals surface area contributed by atoms with Crippen molar-refractivity contribution in [3.63, 3.8) is 0 Å². The average molecular weight is 440 g/mol. The number of rotatable bonds is 4. The first-order chi connectivity index (χ1) is 14.4. The summed E-state index contributed by atoms with van der Waals surface area (Å²) in [6.45, 7) is 6.46. The lowest BCUT2D eigenvalue weighted by Crippen LogP contribution is -2.38. The number of nitro benzene ring substituents is 1. The summed E-state index contributed by atoms with van der Waals surface area (Å²) in [5.41, 5.74) is -1.81. The molecular weight excluding hydrogens is 417 g/mol. The number of nitrogens with zero attached hydrogens (tertiary/aromatic N) is 3. The van der Waals surface area contributed by atoms with Gasteiger partial charge in [0.05, 0.1) is 10.5 Å². The molecule has 0 atom stereocenters. The summed E-state index contributed by atoms with van der Waals surface area (Å²) in [4.78, 5) is 24.7. The molecule has 1 aliphatic rings. The quantitative estimate of drug-likeness (QED) is 0.544. The predicted molar refractivity (Wildman–Crippen MR) is 107 cm³/mol. The molecule has 1 aliphatic heterocycles. The summed E-state index contributed by atoms with van der Waals surface area (Å²) >= 11 is 0. The summed E-state index contributed by atoms with van der Waals surface area (Å²) in [6.07, 6.45) is -3.87. The van der Waals surface area contributed by atoms with E-state index in [0.29, 0.717) is 43.6 Å². The number of carbonyl (C=O) groups excluding carboxylic acids is 1. The molecule has 2 heterocycles. The van der Waals surface area contributed by atoms with Crippen molar-refractivity contribution in [1.82, 2.24) is 5.16 Å². The summed E-state index contributed by atoms with van der Waals surface area (Å²) in [7, 11) is 0. The number of nitrogens with one attached hydrogen (secondary N) is 1. The molecule has 0 aliphatic carbocycles. The Balaban J connectivity index is 1.66. The molecule has 1 fully saturated rings. The molecule has 0 saturated carbocycles. The number of halogens is 3. The average Bonchev–Trinajstić information content (AvgIpc) is 3.16. The van der Waals surface area contributed by atoms with E-state index in [4.69, 9.17) is 4.52 Å². The van der Waals surface area contributed by atoms with Gasteiger partial charge in [-0.15, -0.1) is 0 Å². The van der Waals surface area contributed by atoms with Gasteiger partial charge in [-0.1, -0.05) is 25.9 Å². The van der Waals surface area contributed by atoms with Crippen LogP contribution in [0.5, 0.6) is 0 Å². The van der Waals surface area contributed by atoms with Gasteiger partial charge in [-0.05, 0) is 25.0 Å². The maximum atomic E-state index is 12.9. The van der Waals surface area contributed by atoms with E-state index in [0.717, 1.165) is 12.1 Å². The highest BCUT2D eigenvalue weighted by atomic mass is 19.4. The molecule has 0 bridgehead atoms. The second-order valence-corrected chi connectivity index (χ2v) is 8.54. The Labute approximate surface area is 176 Å². The molecule has 8 nitrogen and oxygen atoms in total. The third-order valence-electron chi connectivity index (χ3n) is 5.21. The maximum Gasteiger partial charge on any atom is 0.416 e. The number of hydrogen-bond acceptors (Lipinski definition) is 6.